The van der Waals surface area contributed by atoms with Crippen LogP contribution in [0.4, 0.5) is 5.82 Å². The number of likely N-dealkylation sites (N-methyl/N-ethyl adjacent to an activating group) is 1. The van der Waals surface area contributed by atoms with Gasteiger partial charge in [-0.15, -0.1) is 0 Å². The lowest BCUT2D eigenvalue weighted by Crippen LogP contribution is -2.29. The van der Waals surface area contributed by atoms with Crippen molar-refractivity contribution in [2.75, 3.05) is 25.1 Å². The maximum Gasteiger partial charge on any atom is 0.128 e. The molecular weight excluding hydrogens is 214 g/mol. The van der Waals surface area contributed by atoms with Crippen LogP contribution in [0, 0.1) is 0 Å². The lowest BCUT2D eigenvalue weighted by molar-refractivity contribution is 0.116. The van der Waals surface area contributed by atoms with E-state index in [0.29, 0.717) is 6.10 Å². The molecule has 1 aliphatic rings. The van der Waals surface area contributed by atoms with Crippen LogP contribution in [0.3, 0.4) is 0 Å². The molecule has 4 heteroatoms. The smallest absolute Gasteiger partial charge is 0.128 e. The van der Waals surface area contributed by atoms with Crippen molar-refractivity contribution < 1.29 is 4.74 Å². The molecule has 4 nitrogen and oxygen atoms in total. The Bertz CT molecular complexity index is 344. The van der Waals surface area contributed by atoms with E-state index in [1.807, 2.05) is 25.3 Å². The predicted octanol–water partition coefficient (Wildman–Crippen LogP) is 1.72. The summed E-state index contributed by atoms with van der Waals surface area (Å²) in [5.74, 6) is 0.977. The Balaban J connectivity index is 1.96. The zero-order valence-electron chi connectivity index (χ0n) is 10.6. The van der Waals surface area contributed by atoms with Crippen LogP contribution in [0.25, 0.3) is 0 Å². The van der Waals surface area contributed by atoms with Crippen LogP contribution in [-0.4, -0.2) is 31.3 Å². The standard InChI is InChI=1S/C13H21N3O/c1-10(14)11-5-6-13(15-8-11)16(2)9-12-4-3-7-17-12/h5-6,8,10,12H,3-4,7,9,14H2,1-2H3/t10-,12?/m1/s1. The van der Waals surface area contributed by atoms with E-state index in [4.69, 9.17) is 10.5 Å². The topological polar surface area (TPSA) is 51.4 Å². The van der Waals surface area contributed by atoms with Gasteiger partial charge < -0.3 is 15.4 Å². The molecule has 2 atom stereocenters. The maximum atomic E-state index is 5.80. The highest BCUT2D eigenvalue weighted by Crippen LogP contribution is 2.17. The highest BCUT2D eigenvalue weighted by Gasteiger charge is 2.18. The van der Waals surface area contributed by atoms with E-state index < -0.39 is 0 Å². The third kappa shape index (κ3) is 3.17. The van der Waals surface area contributed by atoms with Crippen LogP contribution >= 0.6 is 0 Å². The molecule has 0 aliphatic carbocycles. The van der Waals surface area contributed by atoms with Crippen LogP contribution in [-0.2, 0) is 4.74 Å². The number of hydrogen-bond acceptors (Lipinski definition) is 4. The molecule has 2 heterocycles. The van der Waals surface area contributed by atoms with Crippen LogP contribution in [0.5, 0.6) is 0 Å². The number of rotatable bonds is 4. The summed E-state index contributed by atoms with van der Waals surface area (Å²) in [5, 5.41) is 0. The summed E-state index contributed by atoms with van der Waals surface area (Å²) in [5.41, 5.74) is 6.87. The van der Waals surface area contributed by atoms with Crippen LogP contribution < -0.4 is 10.6 Å². The molecule has 0 amide bonds. The third-order valence-corrected chi connectivity index (χ3v) is 3.19. The van der Waals surface area contributed by atoms with Gasteiger partial charge in [0.25, 0.3) is 0 Å². The van der Waals surface area contributed by atoms with Crippen molar-refractivity contribution in [2.24, 2.45) is 5.73 Å². The molecule has 1 saturated heterocycles. The Morgan fingerprint density at radius 2 is 2.41 bits per heavy atom. The minimum atomic E-state index is 0.0417. The van der Waals surface area contributed by atoms with Gasteiger partial charge in [0, 0.05) is 32.4 Å². The molecule has 1 unspecified atom stereocenters. The van der Waals surface area contributed by atoms with Crippen LogP contribution in [0.2, 0.25) is 0 Å². The predicted molar refractivity (Wildman–Crippen MR) is 69.1 cm³/mol. The molecule has 1 aromatic rings. The van der Waals surface area contributed by atoms with Gasteiger partial charge in [-0.25, -0.2) is 4.98 Å². The first-order chi connectivity index (χ1) is 8.16. The number of hydrogen-bond donors (Lipinski definition) is 1. The molecule has 0 spiro atoms. The molecular formula is C13H21N3O. The summed E-state index contributed by atoms with van der Waals surface area (Å²) in [6, 6.07) is 4.10. The number of anilines is 1. The summed E-state index contributed by atoms with van der Waals surface area (Å²) >= 11 is 0. The molecule has 2 rings (SSSR count). The summed E-state index contributed by atoms with van der Waals surface area (Å²) in [4.78, 5) is 6.57. The normalized spacial score (nSPS) is 21.5. The Labute approximate surface area is 103 Å². The van der Waals surface area contributed by atoms with Gasteiger partial charge in [-0.05, 0) is 31.4 Å². The molecule has 1 aromatic heterocycles. The number of ether oxygens (including phenoxy) is 1. The fourth-order valence-corrected chi connectivity index (χ4v) is 2.08. The number of nitrogens with two attached hydrogens (primary N) is 1. The molecule has 1 fully saturated rings. The Kier molecular flexibility index (Phi) is 3.97. The van der Waals surface area contributed by atoms with Crippen molar-refractivity contribution in [3.05, 3.63) is 23.9 Å². The van der Waals surface area contributed by atoms with Crippen molar-refractivity contribution in [1.82, 2.24) is 4.98 Å². The van der Waals surface area contributed by atoms with Gasteiger partial charge in [-0.3, -0.25) is 0 Å². The maximum absolute atomic E-state index is 5.80. The lowest BCUT2D eigenvalue weighted by atomic mass is 10.1. The second-order valence-electron chi connectivity index (χ2n) is 4.75. The first kappa shape index (κ1) is 12.3. The van der Waals surface area contributed by atoms with E-state index in [1.54, 1.807) is 0 Å². The summed E-state index contributed by atoms with van der Waals surface area (Å²) in [6.07, 6.45) is 4.54. The first-order valence-electron chi connectivity index (χ1n) is 6.21. The van der Waals surface area contributed by atoms with Crippen LogP contribution in [0.1, 0.15) is 31.4 Å². The van der Waals surface area contributed by atoms with E-state index >= 15 is 0 Å². The Morgan fingerprint density at radius 3 is 2.94 bits per heavy atom. The first-order valence-corrected chi connectivity index (χ1v) is 6.21. The largest absolute Gasteiger partial charge is 0.376 e. The van der Waals surface area contributed by atoms with Gasteiger partial charge in [0.15, 0.2) is 0 Å². The minimum Gasteiger partial charge on any atom is -0.376 e. The van der Waals surface area contributed by atoms with Crippen molar-refractivity contribution in [1.29, 1.82) is 0 Å². The van der Waals surface area contributed by atoms with E-state index in [-0.39, 0.29) is 6.04 Å². The fraction of sp³-hybridized carbons (Fsp3) is 0.615. The molecule has 17 heavy (non-hydrogen) atoms. The quantitative estimate of drug-likeness (QED) is 0.863. The zero-order chi connectivity index (χ0) is 12.3. The molecule has 0 saturated carbocycles. The van der Waals surface area contributed by atoms with E-state index in [9.17, 15) is 0 Å². The van der Waals surface area contributed by atoms with Gasteiger partial charge >= 0.3 is 0 Å². The molecule has 0 radical (unpaired) electrons. The van der Waals surface area contributed by atoms with Gasteiger partial charge in [0.1, 0.15) is 5.82 Å². The van der Waals surface area contributed by atoms with Crippen molar-refractivity contribution in [3.8, 4) is 0 Å². The molecule has 0 aromatic carbocycles. The minimum absolute atomic E-state index is 0.0417. The molecule has 0 bridgehead atoms. The Morgan fingerprint density at radius 1 is 1.59 bits per heavy atom. The monoisotopic (exact) mass is 235 g/mol. The average Bonchev–Trinajstić information content (AvgIpc) is 2.82. The highest BCUT2D eigenvalue weighted by molar-refractivity contribution is 5.38. The van der Waals surface area contributed by atoms with Gasteiger partial charge in [0.2, 0.25) is 0 Å². The second kappa shape index (κ2) is 5.47. The lowest BCUT2D eigenvalue weighted by Gasteiger charge is -2.22. The van der Waals surface area contributed by atoms with Gasteiger partial charge in [0.05, 0.1) is 6.10 Å². The highest BCUT2D eigenvalue weighted by atomic mass is 16.5. The number of pyridine rings is 1. The molecule has 2 N–H and O–H groups in total. The molecule has 1 aliphatic heterocycles. The number of nitrogens with zero attached hydrogens (tertiary/aromatic N) is 2. The van der Waals surface area contributed by atoms with Crippen molar-refractivity contribution in [3.63, 3.8) is 0 Å². The SMILES string of the molecule is C[C@@H](N)c1ccc(N(C)CC2CCCO2)nc1. The summed E-state index contributed by atoms with van der Waals surface area (Å²) < 4.78 is 5.62. The van der Waals surface area contributed by atoms with E-state index in [1.165, 1.54) is 6.42 Å². The van der Waals surface area contributed by atoms with E-state index in [2.05, 4.69) is 16.9 Å². The van der Waals surface area contributed by atoms with E-state index in [0.717, 1.165) is 31.0 Å². The van der Waals surface area contributed by atoms with Gasteiger partial charge in [-0.1, -0.05) is 6.07 Å². The molecule has 94 valence electrons. The summed E-state index contributed by atoms with van der Waals surface area (Å²) in [7, 11) is 2.05. The third-order valence-electron chi connectivity index (χ3n) is 3.19. The summed E-state index contributed by atoms with van der Waals surface area (Å²) in [6.45, 7) is 3.77. The van der Waals surface area contributed by atoms with Crippen LogP contribution in [0.15, 0.2) is 18.3 Å². The fourth-order valence-electron chi connectivity index (χ4n) is 2.08. The number of aromatic nitrogens is 1. The average molecular weight is 235 g/mol. The zero-order valence-corrected chi connectivity index (χ0v) is 10.6. The van der Waals surface area contributed by atoms with Crippen molar-refractivity contribution in [2.45, 2.75) is 31.9 Å². The Hall–Kier alpha value is -1.13. The van der Waals surface area contributed by atoms with Crippen molar-refractivity contribution >= 4 is 5.82 Å². The van der Waals surface area contributed by atoms with Gasteiger partial charge in [-0.2, -0.15) is 0 Å². The second-order valence-corrected chi connectivity index (χ2v) is 4.75.